The molecule has 5 rings (SSSR count). The molecule has 0 atom stereocenters. The number of ether oxygens (including phenoxy) is 1. The van der Waals surface area contributed by atoms with Gasteiger partial charge >= 0.3 is 0 Å². The van der Waals surface area contributed by atoms with Crippen LogP contribution in [0.3, 0.4) is 0 Å². The van der Waals surface area contributed by atoms with Crippen molar-refractivity contribution in [1.82, 2.24) is 24.1 Å². The summed E-state index contributed by atoms with van der Waals surface area (Å²) in [6.45, 7) is 1.95. The third-order valence-electron chi connectivity index (χ3n) is 5.28. The maximum Gasteiger partial charge on any atom is 0.258 e. The van der Waals surface area contributed by atoms with E-state index < -0.39 is 0 Å². The molecule has 0 aliphatic heterocycles. The Kier molecular flexibility index (Phi) is 5.66. The zero-order valence-corrected chi connectivity index (χ0v) is 19.0. The smallest absolute Gasteiger partial charge is 0.258 e. The van der Waals surface area contributed by atoms with Crippen LogP contribution in [0.15, 0.2) is 88.9 Å². The first-order valence-corrected chi connectivity index (χ1v) is 11.4. The number of methoxy groups -OCH3 is 1. The summed E-state index contributed by atoms with van der Waals surface area (Å²) in [6, 6.07) is 23.1. The molecule has 0 radical (unpaired) electrons. The van der Waals surface area contributed by atoms with Gasteiger partial charge in [-0.1, -0.05) is 36.0 Å². The van der Waals surface area contributed by atoms with E-state index >= 15 is 0 Å². The Morgan fingerprint density at radius 1 is 0.970 bits per heavy atom. The number of nitrogens with zero attached hydrogens (tertiary/aromatic N) is 5. The number of pyridine rings is 1. The van der Waals surface area contributed by atoms with Crippen LogP contribution >= 0.6 is 11.8 Å². The summed E-state index contributed by atoms with van der Waals surface area (Å²) in [4.78, 5) is 17.3. The quantitative estimate of drug-likeness (QED) is 0.350. The van der Waals surface area contributed by atoms with Gasteiger partial charge in [0.1, 0.15) is 11.4 Å². The standard InChI is InChI=1S/C25H21N5O2S/c1-17-7-6-14-29-22(31)15-19(26-23(17)29)16-33-25-28-27-24(18-10-12-21(32-2)13-11-18)30(25)20-8-4-3-5-9-20/h3-15H,16H2,1-2H3. The Hall–Kier alpha value is -3.91. The second-order valence-corrected chi connectivity index (χ2v) is 8.41. The molecule has 2 aromatic carbocycles. The van der Waals surface area contributed by atoms with E-state index in [9.17, 15) is 4.79 Å². The van der Waals surface area contributed by atoms with Crippen LogP contribution in [0, 0.1) is 6.92 Å². The summed E-state index contributed by atoms with van der Waals surface area (Å²) in [5, 5.41) is 9.66. The van der Waals surface area contributed by atoms with Gasteiger partial charge in [0.15, 0.2) is 11.0 Å². The molecule has 0 aliphatic carbocycles. The van der Waals surface area contributed by atoms with Crippen LogP contribution in [0.2, 0.25) is 0 Å². The maximum atomic E-state index is 12.6. The van der Waals surface area contributed by atoms with E-state index in [-0.39, 0.29) is 5.56 Å². The maximum absolute atomic E-state index is 12.6. The topological polar surface area (TPSA) is 74.3 Å². The highest BCUT2D eigenvalue weighted by Crippen LogP contribution is 2.30. The zero-order chi connectivity index (χ0) is 22.8. The van der Waals surface area contributed by atoms with Crippen LogP contribution in [0.1, 0.15) is 11.3 Å². The molecular weight excluding hydrogens is 434 g/mol. The van der Waals surface area contributed by atoms with E-state index in [0.717, 1.165) is 33.5 Å². The Balaban J connectivity index is 1.52. The van der Waals surface area contributed by atoms with Crippen molar-refractivity contribution in [3.8, 4) is 22.8 Å². The molecular formula is C25H21N5O2S. The molecule has 3 heterocycles. The van der Waals surface area contributed by atoms with Crippen molar-refractivity contribution >= 4 is 17.4 Å². The Morgan fingerprint density at radius 2 is 1.76 bits per heavy atom. The summed E-state index contributed by atoms with van der Waals surface area (Å²) in [7, 11) is 1.64. The monoisotopic (exact) mass is 455 g/mol. The number of aromatic nitrogens is 5. The van der Waals surface area contributed by atoms with Gasteiger partial charge in [-0.25, -0.2) is 4.98 Å². The molecule has 164 valence electrons. The molecule has 5 aromatic rings. The van der Waals surface area contributed by atoms with Crippen molar-refractivity contribution in [1.29, 1.82) is 0 Å². The van der Waals surface area contributed by atoms with Gasteiger partial charge in [-0.15, -0.1) is 10.2 Å². The lowest BCUT2D eigenvalue weighted by Crippen LogP contribution is -2.15. The van der Waals surface area contributed by atoms with Gasteiger partial charge < -0.3 is 4.74 Å². The first-order valence-electron chi connectivity index (χ1n) is 10.4. The fraction of sp³-hybridized carbons (Fsp3) is 0.120. The second-order valence-electron chi connectivity index (χ2n) is 7.46. The summed E-state index contributed by atoms with van der Waals surface area (Å²) >= 11 is 1.50. The molecule has 7 nitrogen and oxygen atoms in total. The van der Waals surface area contributed by atoms with Crippen LogP contribution in [-0.2, 0) is 5.75 Å². The molecule has 3 aromatic heterocycles. The summed E-state index contributed by atoms with van der Waals surface area (Å²) in [6.07, 6.45) is 1.74. The lowest BCUT2D eigenvalue weighted by molar-refractivity contribution is 0.415. The summed E-state index contributed by atoms with van der Waals surface area (Å²) in [5.74, 6) is 2.00. The number of benzene rings is 2. The van der Waals surface area contributed by atoms with E-state index in [4.69, 9.17) is 9.72 Å². The van der Waals surface area contributed by atoms with Gasteiger partial charge in [0.2, 0.25) is 0 Å². The number of thioether (sulfide) groups is 1. The lowest BCUT2D eigenvalue weighted by atomic mass is 10.2. The molecule has 0 spiro atoms. The minimum absolute atomic E-state index is 0.0947. The molecule has 0 N–H and O–H groups in total. The number of hydrogen-bond acceptors (Lipinski definition) is 6. The normalized spacial score (nSPS) is 11.1. The van der Waals surface area contributed by atoms with Crippen LogP contribution in [-0.4, -0.2) is 31.3 Å². The van der Waals surface area contributed by atoms with Crippen LogP contribution in [0.4, 0.5) is 0 Å². The van der Waals surface area contributed by atoms with Gasteiger partial charge in [-0.05, 0) is 55.0 Å². The molecule has 0 aliphatic rings. The van der Waals surface area contributed by atoms with Crippen LogP contribution in [0.25, 0.3) is 22.7 Å². The minimum atomic E-state index is -0.0947. The first-order chi connectivity index (χ1) is 16.1. The Morgan fingerprint density at radius 3 is 2.52 bits per heavy atom. The van der Waals surface area contributed by atoms with Crippen molar-refractivity contribution < 1.29 is 4.74 Å². The number of hydrogen-bond donors (Lipinski definition) is 0. The van der Waals surface area contributed by atoms with E-state index in [1.54, 1.807) is 23.8 Å². The number of rotatable bonds is 6. The molecule has 0 bridgehead atoms. The molecule has 0 amide bonds. The van der Waals surface area contributed by atoms with Gasteiger partial charge in [0.25, 0.3) is 5.56 Å². The van der Waals surface area contributed by atoms with Crippen LogP contribution < -0.4 is 10.3 Å². The molecule has 0 fully saturated rings. The van der Waals surface area contributed by atoms with Gasteiger partial charge in [-0.2, -0.15) is 0 Å². The third kappa shape index (κ3) is 4.12. The van der Waals surface area contributed by atoms with E-state index in [1.807, 2.05) is 78.2 Å². The fourth-order valence-corrected chi connectivity index (χ4v) is 4.47. The average molecular weight is 456 g/mol. The van der Waals surface area contributed by atoms with Gasteiger partial charge in [-0.3, -0.25) is 13.8 Å². The van der Waals surface area contributed by atoms with Crippen LogP contribution in [0.5, 0.6) is 5.75 Å². The summed E-state index contributed by atoms with van der Waals surface area (Å²) in [5.41, 5.74) is 4.12. The van der Waals surface area contributed by atoms with E-state index in [1.165, 1.54) is 11.8 Å². The largest absolute Gasteiger partial charge is 0.497 e. The molecule has 8 heteroatoms. The predicted molar refractivity (Wildman–Crippen MR) is 129 cm³/mol. The fourth-order valence-electron chi connectivity index (χ4n) is 3.62. The average Bonchev–Trinajstić information content (AvgIpc) is 3.28. The van der Waals surface area contributed by atoms with Crippen molar-refractivity contribution in [2.75, 3.05) is 7.11 Å². The van der Waals surface area contributed by atoms with Crippen molar-refractivity contribution in [2.24, 2.45) is 0 Å². The van der Waals surface area contributed by atoms with Gasteiger partial charge in [0.05, 0.1) is 12.8 Å². The lowest BCUT2D eigenvalue weighted by Gasteiger charge is -2.11. The SMILES string of the molecule is COc1ccc(-c2nnc(SCc3cc(=O)n4cccc(C)c4n3)n2-c2ccccc2)cc1. The highest BCUT2D eigenvalue weighted by Gasteiger charge is 2.17. The van der Waals surface area contributed by atoms with Crippen molar-refractivity contribution in [3.63, 3.8) is 0 Å². The molecule has 0 saturated heterocycles. The number of para-hydroxylation sites is 1. The Bertz CT molecular complexity index is 1480. The Labute approximate surface area is 194 Å². The minimum Gasteiger partial charge on any atom is -0.497 e. The zero-order valence-electron chi connectivity index (χ0n) is 18.2. The van der Waals surface area contributed by atoms with E-state index in [0.29, 0.717) is 17.1 Å². The molecule has 0 saturated carbocycles. The highest BCUT2D eigenvalue weighted by molar-refractivity contribution is 7.98. The van der Waals surface area contributed by atoms with Crippen molar-refractivity contribution in [2.45, 2.75) is 17.8 Å². The third-order valence-corrected chi connectivity index (χ3v) is 6.25. The van der Waals surface area contributed by atoms with Crippen molar-refractivity contribution in [3.05, 3.63) is 101 Å². The second kappa shape index (κ2) is 8.91. The number of fused-ring (bicyclic) bond motifs is 1. The first kappa shape index (κ1) is 21.0. The predicted octanol–water partition coefficient (Wildman–Crippen LogP) is 4.55. The molecule has 0 unspecified atom stereocenters. The summed E-state index contributed by atoms with van der Waals surface area (Å²) < 4.78 is 8.87. The molecule has 33 heavy (non-hydrogen) atoms. The number of aryl methyl sites for hydroxylation is 1. The van der Waals surface area contributed by atoms with E-state index in [2.05, 4.69) is 10.2 Å². The van der Waals surface area contributed by atoms with Gasteiger partial charge in [0, 0.05) is 29.3 Å². The highest BCUT2D eigenvalue weighted by atomic mass is 32.2.